The summed E-state index contributed by atoms with van der Waals surface area (Å²) in [6, 6.07) is 5.82. The number of unbranched alkanes of at least 4 members (excludes halogenated alkanes) is 1. The molecule has 0 saturated carbocycles. The van der Waals surface area contributed by atoms with Gasteiger partial charge in [0.05, 0.1) is 4.90 Å². The van der Waals surface area contributed by atoms with E-state index in [-0.39, 0.29) is 4.90 Å². The third kappa shape index (κ3) is 4.37. The first-order chi connectivity index (χ1) is 8.45. The summed E-state index contributed by atoms with van der Waals surface area (Å²) in [5, 5.41) is 2.58. The molecule has 100 valence electrons. The fourth-order valence-electron chi connectivity index (χ4n) is 1.39. The molecular formula is C12H18N2O3S. The van der Waals surface area contributed by atoms with Crippen LogP contribution in [0.3, 0.4) is 0 Å². The lowest BCUT2D eigenvalue weighted by molar-refractivity contribution is -0.118. The number of amides is 1. The van der Waals surface area contributed by atoms with E-state index in [2.05, 4.69) is 5.32 Å². The van der Waals surface area contributed by atoms with Crippen LogP contribution in [0.2, 0.25) is 0 Å². The number of carbonyl (C=O) groups is 1. The van der Waals surface area contributed by atoms with Gasteiger partial charge in [-0.3, -0.25) is 4.79 Å². The second kappa shape index (κ2) is 6.39. The summed E-state index contributed by atoms with van der Waals surface area (Å²) in [5.74, 6) is -0.999. The Kier molecular flexibility index (Phi) is 5.15. The Balaban J connectivity index is 2.64. The summed E-state index contributed by atoms with van der Waals surface area (Å²) in [4.78, 5) is 11.6. The van der Waals surface area contributed by atoms with Gasteiger partial charge in [-0.2, -0.15) is 0 Å². The van der Waals surface area contributed by atoms with Crippen molar-refractivity contribution in [2.24, 2.45) is 0 Å². The molecule has 1 rings (SSSR count). The minimum absolute atomic E-state index is 0.113. The second-order valence-corrected chi connectivity index (χ2v) is 6.02. The van der Waals surface area contributed by atoms with Crippen molar-refractivity contribution < 1.29 is 13.2 Å². The molecule has 0 aliphatic rings. The molecule has 0 fully saturated rings. The van der Waals surface area contributed by atoms with Crippen LogP contribution in [0.15, 0.2) is 29.2 Å². The molecule has 0 aromatic heterocycles. The van der Waals surface area contributed by atoms with Gasteiger partial charge in [0.15, 0.2) is 9.84 Å². The number of carbonyl (C=O) groups excluding carboxylic acids is 1. The number of hydrogen-bond donors (Lipinski definition) is 2. The highest BCUT2D eigenvalue weighted by molar-refractivity contribution is 7.92. The maximum atomic E-state index is 11.9. The van der Waals surface area contributed by atoms with Gasteiger partial charge in [0.1, 0.15) is 5.75 Å². The molecule has 1 aromatic carbocycles. The number of nitrogen functional groups attached to an aromatic ring is 1. The standard InChI is InChI=1S/C12H18N2O3S/c1-2-3-8-14-12(15)9-18(16,17)11-6-4-10(13)5-7-11/h4-7H,2-3,8-9,13H2,1H3,(H,14,15). The summed E-state index contributed by atoms with van der Waals surface area (Å²) in [6.07, 6.45) is 1.79. The van der Waals surface area contributed by atoms with E-state index >= 15 is 0 Å². The Morgan fingerprint density at radius 3 is 2.44 bits per heavy atom. The van der Waals surface area contributed by atoms with E-state index < -0.39 is 21.5 Å². The van der Waals surface area contributed by atoms with Crippen molar-refractivity contribution >= 4 is 21.4 Å². The molecular weight excluding hydrogens is 252 g/mol. The van der Waals surface area contributed by atoms with Crippen LogP contribution in [0.5, 0.6) is 0 Å². The van der Waals surface area contributed by atoms with Crippen molar-refractivity contribution in [2.75, 3.05) is 18.0 Å². The minimum atomic E-state index is -3.58. The van der Waals surface area contributed by atoms with E-state index in [0.717, 1.165) is 12.8 Å². The van der Waals surface area contributed by atoms with Crippen molar-refractivity contribution in [2.45, 2.75) is 24.7 Å². The first-order valence-corrected chi connectivity index (χ1v) is 7.46. The highest BCUT2D eigenvalue weighted by Crippen LogP contribution is 2.13. The molecule has 0 spiro atoms. The summed E-state index contributed by atoms with van der Waals surface area (Å²) < 4.78 is 23.8. The third-order valence-corrected chi connectivity index (χ3v) is 4.05. The van der Waals surface area contributed by atoms with Crippen molar-refractivity contribution in [1.29, 1.82) is 0 Å². The zero-order valence-corrected chi connectivity index (χ0v) is 11.2. The van der Waals surface area contributed by atoms with Gasteiger partial charge in [-0.15, -0.1) is 0 Å². The van der Waals surface area contributed by atoms with Gasteiger partial charge in [0.2, 0.25) is 5.91 Å². The average Bonchev–Trinajstić information content (AvgIpc) is 2.29. The quantitative estimate of drug-likeness (QED) is 0.595. The smallest absolute Gasteiger partial charge is 0.235 e. The average molecular weight is 270 g/mol. The highest BCUT2D eigenvalue weighted by atomic mass is 32.2. The molecule has 0 radical (unpaired) electrons. The van der Waals surface area contributed by atoms with Gasteiger partial charge >= 0.3 is 0 Å². The molecule has 3 N–H and O–H groups in total. The summed E-state index contributed by atoms with van der Waals surface area (Å²) in [7, 11) is -3.58. The Morgan fingerprint density at radius 1 is 1.28 bits per heavy atom. The largest absolute Gasteiger partial charge is 0.399 e. The van der Waals surface area contributed by atoms with Crippen LogP contribution < -0.4 is 11.1 Å². The lowest BCUT2D eigenvalue weighted by Crippen LogP contribution is -2.31. The molecule has 18 heavy (non-hydrogen) atoms. The Hall–Kier alpha value is -1.56. The Bertz CT molecular complexity index is 495. The highest BCUT2D eigenvalue weighted by Gasteiger charge is 2.18. The molecule has 1 amide bonds. The molecule has 0 bridgehead atoms. The number of benzene rings is 1. The van der Waals surface area contributed by atoms with Crippen molar-refractivity contribution in [3.63, 3.8) is 0 Å². The van der Waals surface area contributed by atoms with E-state index in [1.54, 1.807) is 0 Å². The van der Waals surface area contributed by atoms with Gasteiger partial charge in [-0.1, -0.05) is 13.3 Å². The van der Waals surface area contributed by atoms with Crippen molar-refractivity contribution in [3.05, 3.63) is 24.3 Å². The Morgan fingerprint density at radius 2 is 1.89 bits per heavy atom. The van der Waals surface area contributed by atoms with Gasteiger partial charge < -0.3 is 11.1 Å². The normalized spacial score (nSPS) is 11.2. The maximum Gasteiger partial charge on any atom is 0.235 e. The van der Waals surface area contributed by atoms with Crippen molar-refractivity contribution in [3.8, 4) is 0 Å². The molecule has 5 nitrogen and oxygen atoms in total. The number of hydrogen-bond acceptors (Lipinski definition) is 4. The number of sulfone groups is 1. The molecule has 0 aliphatic heterocycles. The van der Waals surface area contributed by atoms with Gasteiger partial charge in [-0.05, 0) is 30.7 Å². The molecule has 0 aliphatic carbocycles. The summed E-state index contributed by atoms with van der Waals surface area (Å²) in [6.45, 7) is 2.50. The van der Waals surface area contributed by atoms with Gasteiger partial charge in [-0.25, -0.2) is 8.42 Å². The Labute approximate surface area is 107 Å². The monoisotopic (exact) mass is 270 g/mol. The second-order valence-electron chi connectivity index (χ2n) is 4.03. The summed E-state index contributed by atoms with van der Waals surface area (Å²) >= 11 is 0. The molecule has 6 heteroatoms. The predicted octanol–water partition coefficient (Wildman–Crippen LogP) is 0.959. The fraction of sp³-hybridized carbons (Fsp3) is 0.417. The van der Waals surface area contributed by atoms with Crippen LogP contribution in [0.1, 0.15) is 19.8 Å². The maximum absolute atomic E-state index is 11.9. The molecule has 1 aromatic rings. The minimum Gasteiger partial charge on any atom is -0.399 e. The van der Waals surface area contributed by atoms with Gasteiger partial charge in [0, 0.05) is 12.2 Å². The van der Waals surface area contributed by atoms with Crippen LogP contribution in [0, 0.1) is 0 Å². The van der Waals surface area contributed by atoms with Gasteiger partial charge in [0.25, 0.3) is 0 Å². The van der Waals surface area contributed by atoms with Crippen LogP contribution in [-0.4, -0.2) is 26.6 Å². The third-order valence-electron chi connectivity index (χ3n) is 2.41. The van der Waals surface area contributed by atoms with Crippen LogP contribution in [-0.2, 0) is 14.6 Å². The van der Waals surface area contributed by atoms with Crippen LogP contribution in [0.4, 0.5) is 5.69 Å². The topological polar surface area (TPSA) is 89.3 Å². The number of rotatable bonds is 6. The first-order valence-electron chi connectivity index (χ1n) is 5.80. The van der Waals surface area contributed by atoms with E-state index in [4.69, 9.17) is 5.73 Å². The van der Waals surface area contributed by atoms with E-state index in [1.807, 2.05) is 6.92 Å². The molecule has 0 saturated heterocycles. The van der Waals surface area contributed by atoms with Crippen LogP contribution in [0.25, 0.3) is 0 Å². The van der Waals surface area contributed by atoms with Crippen molar-refractivity contribution in [1.82, 2.24) is 5.32 Å². The number of nitrogens with two attached hydrogens (primary N) is 1. The zero-order valence-electron chi connectivity index (χ0n) is 10.3. The van der Waals surface area contributed by atoms with Crippen LogP contribution >= 0.6 is 0 Å². The fourth-order valence-corrected chi connectivity index (χ4v) is 2.55. The van der Waals surface area contributed by atoms with E-state index in [9.17, 15) is 13.2 Å². The SMILES string of the molecule is CCCCNC(=O)CS(=O)(=O)c1ccc(N)cc1. The molecule has 0 unspecified atom stereocenters. The first kappa shape index (κ1) is 14.5. The lowest BCUT2D eigenvalue weighted by atomic mass is 10.3. The molecule has 0 atom stereocenters. The lowest BCUT2D eigenvalue weighted by Gasteiger charge is -2.06. The molecule has 0 heterocycles. The number of nitrogens with one attached hydrogen (secondary N) is 1. The van der Waals surface area contributed by atoms with E-state index in [0.29, 0.717) is 12.2 Å². The number of anilines is 1. The van der Waals surface area contributed by atoms with E-state index in [1.165, 1.54) is 24.3 Å². The zero-order chi connectivity index (χ0) is 13.6. The summed E-state index contributed by atoms with van der Waals surface area (Å²) in [5.41, 5.74) is 5.97. The predicted molar refractivity (Wildman–Crippen MR) is 70.8 cm³/mol.